The third-order valence-electron chi connectivity index (χ3n) is 4.19. The molecule has 22 heavy (non-hydrogen) atoms. The number of benzene rings is 1. The number of carbonyl (C=O) groups excluding carboxylic acids is 1. The molecule has 4 nitrogen and oxygen atoms in total. The Morgan fingerprint density at radius 2 is 1.86 bits per heavy atom. The number of alkyl carbamates (subject to hydrolysis) is 1. The molecule has 0 radical (unpaired) electrons. The Labute approximate surface area is 133 Å². The van der Waals surface area contributed by atoms with Gasteiger partial charge in [-0.1, -0.05) is 6.07 Å². The van der Waals surface area contributed by atoms with E-state index in [1.165, 1.54) is 11.1 Å². The number of amides is 1. The Hall–Kier alpha value is -1.71. The van der Waals surface area contributed by atoms with Crippen LogP contribution in [0.25, 0.3) is 0 Å². The first-order chi connectivity index (χ1) is 10.2. The second-order valence-corrected chi connectivity index (χ2v) is 7.31. The van der Waals surface area contributed by atoms with Gasteiger partial charge < -0.3 is 15.8 Å². The van der Waals surface area contributed by atoms with Crippen molar-refractivity contribution in [1.29, 1.82) is 0 Å². The first-order valence-electron chi connectivity index (χ1n) is 8.10. The van der Waals surface area contributed by atoms with Gasteiger partial charge in [0, 0.05) is 11.7 Å². The van der Waals surface area contributed by atoms with E-state index >= 15 is 0 Å². The highest BCUT2D eigenvalue weighted by Crippen LogP contribution is 2.35. The Balaban J connectivity index is 1.88. The van der Waals surface area contributed by atoms with E-state index in [-0.39, 0.29) is 12.1 Å². The second kappa shape index (κ2) is 6.59. The third-order valence-corrected chi connectivity index (χ3v) is 4.19. The van der Waals surface area contributed by atoms with Gasteiger partial charge in [-0.2, -0.15) is 0 Å². The minimum Gasteiger partial charge on any atom is -0.444 e. The molecule has 122 valence electrons. The molecule has 1 saturated carbocycles. The molecule has 0 heterocycles. The predicted octanol–water partition coefficient (Wildman–Crippen LogP) is 4.13. The largest absolute Gasteiger partial charge is 0.444 e. The van der Waals surface area contributed by atoms with Gasteiger partial charge in [-0.05, 0) is 82.6 Å². The molecular formula is C18H28N2O2. The maximum absolute atomic E-state index is 11.8. The van der Waals surface area contributed by atoms with Crippen molar-refractivity contribution >= 4 is 11.8 Å². The molecule has 0 saturated heterocycles. The van der Waals surface area contributed by atoms with Crippen LogP contribution in [-0.4, -0.2) is 17.7 Å². The van der Waals surface area contributed by atoms with Crippen molar-refractivity contribution in [2.75, 3.05) is 5.73 Å². The third kappa shape index (κ3) is 4.65. The molecule has 0 unspecified atom stereocenters. The number of aryl methyl sites for hydroxylation is 1. The van der Waals surface area contributed by atoms with Gasteiger partial charge in [-0.15, -0.1) is 0 Å². The molecule has 1 aromatic carbocycles. The summed E-state index contributed by atoms with van der Waals surface area (Å²) in [5, 5.41) is 2.99. The quantitative estimate of drug-likeness (QED) is 0.807. The molecule has 4 heteroatoms. The lowest BCUT2D eigenvalue weighted by Crippen LogP contribution is -2.40. The van der Waals surface area contributed by atoms with Crippen molar-refractivity contribution in [3.63, 3.8) is 0 Å². The van der Waals surface area contributed by atoms with Crippen molar-refractivity contribution in [3.8, 4) is 0 Å². The normalized spacial score (nSPS) is 22.2. The zero-order valence-corrected chi connectivity index (χ0v) is 14.1. The average molecular weight is 304 g/mol. The van der Waals surface area contributed by atoms with Gasteiger partial charge in [0.05, 0.1) is 0 Å². The Morgan fingerprint density at radius 1 is 1.23 bits per heavy atom. The molecular weight excluding hydrogens is 276 g/mol. The number of hydrogen-bond acceptors (Lipinski definition) is 3. The van der Waals surface area contributed by atoms with Gasteiger partial charge in [0.15, 0.2) is 0 Å². The monoisotopic (exact) mass is 304 g/mol. The molecule has 0 bridgehead atoms. The van der Waals surface area contributed by atoms with Crippen molar-refractivity contribution in [2.24, 2.45) is 0 Å². The second-order valence-electron chi connectivity index (χ2n) is 7.31. The first kappa shape index (κ1) is 16.7. The smallest absolute Gasteiger partial charge is 0.407 e. The van der Waals surface area contributed by atoms with E-state index in [1.807, 2.05) is 26.8 Å². The molecule has 0 spiro atoms. The summed E-state index contributed by atoms with van der Waals surface area (Å²) in [6.45, 7) is 7.78. The van der Waals surface area contributed by atoms with Crippen molar-refractivity contribution < 1.29 is 9.53 Å². The number of rotatable bonds is 2. The van der Waals surface area contributed by atoms with Crippen molar-refractivity contribution in [2.45, 2.75) is 70.9 Å². The highest BCUT2D eigenvalue weighted by Gasteiger charge is 2.26. The van der Waals surface area contributed by atoms with Crippen molar-refractivity contribution in [3.05, 3.63) is 29.3 Å². The number of nitrogens with one attached hydrogen (secondary N) is 1. The van der Waals surface area contributed by atoms with E-state index in [0.717, 1.165) is 31.4 Å². The first-order valence-corrected chi connectivity index (χ1v) is 8.10. The minimum absolute atomic E-state index is 0.215. The number of nitrogens with two attached hydrogens (primary N) is 1. The summed E-state index contributed by atoms with van der Waals surface area (Å²) in [5.41, 5.74) is 8.96. The molecule has 0 atom stereocenters. The number of nitrogen functional groups attached to an aromatic ring is 1. The Bertz CT molecular complexity index is 526. The van der Waals surface area contributed by atoms with Gasteiger partial charge in [-0.25, -0.2) is 4.79 Å². The molecule has 1 fully saturated rings. The van der Waals surface area contributed by atoms with Crippen molar-refractivity contribution in [1.82, 2.24) is 5.32 Å². The molecule has 1 aromatic rings. The van der Waals surface area contributed by atoms with Crippen LogP contribution in [0.15, 0.2) is 18.2 Å². The standard InChI is InChI=1S/C18H28N2O2/c1-12-5-8-14(19)11-16(12)13-6-9-15(10-7-13)20-17(21)22-18(2,3)4/h5,8,11,13,15H,6-7,9-10,19H2,1-4H3,(H,20,21). The summed E-state index contributed by atoms with van der Waals surface area (Å²) in [6.07, 6.45) is 3.81. The fourth-order valence-corrected chi connectivity index (χ4v) is 3.12. The number of ether oxygens (including phenoxy) is 1. The average Bonchev–Trinajstić information content (AvgIpc) is 2.40. The van der Waals surface area contributed by atoms with Gasteiger partial charge >= 0.3 is 6.09 Å². The molecule has 1 amide bonds. The number of hydrogen-bond donors (Lipinski definition) is 2. The topological polar surface area (TPSA) is 64.3 Å². The number of anilines is 1. The van der Waals surface area contributed by atoms with Crippen LogP contribution in [0, 0.1) is 6.92 Å². The highest BCUT2D eigenvalue weighted by molar-refractivity contribution is 5.68. The van der Waals surface area contributed by atoms with Gasteiger partial charge in [0.1, 0.15) is 5.60 Å². The van der Waals surface area contributed by atoms with Gasteiger partial charge in [0.25, 0.3) is 0 Å². The maximum Gasteiger partial charge on any atom is 0.407 e. The van der Waals surface area contributed by atoms with E-state index in [2.05, 4.69) is 24.4 Å². The summed E-state index contributed by atoms with van der Waals surface area (Å²) in [5.74, 6) is 0.542. The van der Waals surface area contributed by atoms with E-state index in [1.54, 1.807) is 0 Å². The van der Waals surface area contributed by atoms with Crippen LogP contribution in [0.5, 0.6) is 0 Å². The molecule has 1 aliphatic rings. The van der Waals surface area contributed by atoms with E-state index in [4.69, 9.17) is 10.5 Å². The van der Waals surface area contributed by atoms with E-state index in [0.29, 0.717) is 5.92 Å². The molecule has 3 N–H and O–H groups in total. The van der Waals surface area contributed by atoms with Crippen LogP contribution < -0.4 is 11.1 Å². The predicted molar refractivity (Wildman–Crippen MR) is 90.0 cm³/mol. The van der Waals surface area contributed by atoms with Crippen LogP contribution >= 0.6 is 0 Å². The summed E-state index contributed by atoms with van der Waals surface area (Å²) in [7, 11) is 0. The molecule has 1 aliphatic carbocycles. The zero-order valence-electron chi connectivity index (χ0n) is 14.1. The zero-order chi connectivity index (χ0) is 16.3. The van der Waals surface area contributed by atoms with E-state index in [9.17, 15) is 4.79 Å². The van der Waals surface area contributed by atoms with Crippen LogP contribution in [0.2, 0.25) is 0 Å². The molecule has 0 aliphatic heterocycles. The molecule has 0 aromatic heterocycles. The summed E-state index contributed by atoms with van der Waals surface area (Å²) in [6, 6.07) is 6.36. The van der Waals surface area contributed by atoms with Gasteiger partial charge in [-0.3, -0.25) is 0 Å². The summed E-state index contributed by atoms with van der Waals surface area (Å²) >= 11 is 0. The lowest BCUT2D eigenvalue weighted by atomic mass is 9.80. The lowest BCUT2D eigenvalue weighted by Gasteiger charge is -2.31. The fraction of sp³-hybridized carbons (Fsp3) is 0.611. The Kier molecular flexibility index (Phi) is 4.99. The minimum atomic E-state index is -0.444. The summed E-state index contributed by atoms with van der Waals surface area (Å²) < 4.78 is 5.32. The maximum atomic E-state index is 11.8. The van der Waals surface area contributed by atoms with Crippen LogP contribution in [0.3, 0.4) is 0 Å². The highest BCUT2D eigenvalue weighted by atomic mass is 16.6. The van der Waals surface area contributed by atoms with Crippen LogP contribution in [0.1, 0.15) is 63.5 Å². The molecule has 2 rings (SSSR count). The Morgan fingerprint density at radius 3 is 2.45 bits per heavy atom. The van der Waals surface area contributed by atoms with Crippen LogP contribution in [-0.2, 0) is 4.74 Å². The SMILES string of the molecule is Cc1ccc(N)cc1C1CCC(NC(=O)OC(C)(C)C)CC1. The fourth-order valence-electron chi connectivity index (χ4n) is 3.12. The van der Waals surface area contributed by atoms with Crippen LogP contribution in [0.4, 0.5) is 10.5 Å². The summed E-state index contributed by atoms with van der Waals surface area (Å²) in [4.78, 5) is 11.8. The lowest BCUT2D eigenvalue weighted by molar-refractivity contribution is 0.0491. The van der Waals surface area contributed by atoms with E-state index < -0.39 is 5.60 Å². The van der Waals surface area contributed by atoms with Gasteiger partial charge in [0.2, 0.25) is 0 Å². The number of carbonyl (C=O) groups is 1.